The van der Waals surface area contributed by atoms with Crippen molar-refractivity contribution in [2.45, 2.75) is 0 Å². The molecule has 0 aliphatic heterocycles. The van der Waals surface area contributed by atoms with Crippen LogP contribution in [-0.2, 0) is 0 Å². The maximum atomic E-state index is 2.48. The van der Waals surface area contributed by atoms with Gasteiger partial charge in [-0.3, -0.25) is 0 Å². The van der Waals surface area contributed by atoms with Crippen molar-refractivity contribution in [1.82, 2.24) is 9.13 Å². The fourth-order valence-corrected chi connectivity index (χ4v) is 11.0. The second-order valence-corrected chi connectivity index (χ2v) is 17.2. The van der Waals surface area contributed by atoms with Gasteiger partial charge in [0.25, 0.3) is 0 Å². The van der Waals surface area contributed by atoms with Crippen molar-refractivity contribution < 1.29 is 0 Å². The number of rotatable bonds is 6. The van der Waals surface area contributed by atoms with Gasteiger partial charge in [-0.15, -0.1) is 11.3 Å². The van der Waals surface area contributed by atoms with Crippen molar-refractivity contribution in [3.8, 4) is 22.5 Å². The SMILES string of the molecule is c1ccc(-n2c3ccccc3c3ccc(-c4cc(N(c5ccc6sc7ccccc7c6c5)c5cccc6ccccc56)cc(-n5c6ccccc6c6ccccc65)c4)cc32)cc1. The summed E-state index contributed by atoms with van der Waals surface area (Å²) in [5.74, 6) is 0. The quantitative estimate of drug-likeness (QED) is 0.163. The standard InChI is InChI=1S/C58H37N3S/c1-2-17-41(18-3-1)60-53-24-10-8-22-48(53)49-31-29-39(35-56(49)60)40-33-43(36-44(34-40)61-54-25-11-6-20-46(54)47-21-7-12-26-55(47)61)59(52-27-14-16-38-15-4-5-19-45(38)52)42-30-32-58-51(37-42)50-23-9-13-28-57(50)62-58/h1-37H. The molecule has 3 aromatic heterocycles. The van der Waals surface area contributed by atoms with Crippen molar-refractivity contribution in [2.24, 2.45) is 0 Å². The van der Waals surface area contributed by atoms with Crippen LogP contribution in [0.1, 0.15) is 0 Å². The zero-order valence-corrected chi connectivity index (χ0v) is 34.4. The van der Waals surface area contributed by atoms with Crippen LogP contribution < -0.4 is 4.90 Å². The summed E-state index contributed by atoms with van der Waals surface area (Å²) < 4.78 is 7.45. The number of aromatic nitrogens is 2. The predicted molar refractivity (Wildman–Crippen MR) is 266 cm³/mol. The zero-order valence-electron chi connectivity index (χ0n) is 33.6. The first-order valence-corrected chi connectivity index (χ1v) is 22.0. The Morgan fingerprint density at radius 2 is 0.887 bits per heavy atom. The third kappa shape index (κ3) is 5.37. The molecule has 3 heterocycles. The molecule has 0 aliphatic rings. The molecular weight excluding hydrogens is 771 g/mol. The largest absolute Gasteiger partial charge is 0.310 e. The lowest BCUT2D eigenvalue weighted by Crippen LogP contribution is -2.11. The van der Waals surface area contributed by atoms with E-state index in [4.69, 9.17) is 0 Å². The van der Waals surface area contributed by atoms with Crippen LogP contribution in [0.4, 0.5) is 17.1 Å². The first kappa shape index (κ1) is 34.9. The van der Waals surface area contributed by atoms with Crippen molar-refractivity contribution >= 4 is 103 Å². The van der Waals surface area contributed by atoms with Crippen LogP contribution in [-0.4, -0.2) is 9.13 Å². The molecule has 0 unspecified atom stereocenters. The molecule has 62 heavy (non-hydrogen) atoms. The number of thiophene rings is 1. The van der Waals surface area contributed by atoms with Gasteiger partial charge in [-0.1, -0.05) is 140 Å². The van der Waals surface area contributed by atoms with Crippen molar-refractivity contribution in [3.63, 3.8) is 0 Å². The van der Waals surface area contributed by atoms with Gasteiger partial charge in [0.2, 0.25) is 0 Å². The van der Waals surface area contributed by atoms with Gasteiger partial charge in [0.15, 0.2) is 0 Å². The highest BCUT2D eigenvalue weighted by Crippen LogP contribution is 2.46. The molecule has 290 valence electrons. The number of nitrogens with zero attached hydrogens (tertiary/aromatic N) is 3. The topological polar surface area (TPSA) is 13.1 Å². The molecule has 0 radical (unpaired) electrons. The van der Waals surface area contributed by atoms with Gasteiger partial charge >= 0.3 is 0 Å². The Balaban J connectivity index is 1.13. The van der Waals surface area contributed by atoms with Crippen LogP contribution in [0.5, 0.6) is 0 Å². The van der Waals surface area contributed by atoms with E-state index in [1.165, 1.54) is 74.6 Å². The van der Waals surface area contributed by atoms with Crippen molar-refractivity contribution in [2.75, 3.05) is 4.90 Å². The third-order valence-corrected chi connectivity index (χ3v) is 13.8. The fourth-order valence-electron chi connectivity index (χ4n) is 9.91. The first-order valence-electron chi connectivity index (χ1n) is 21.2. The van der Waals surface area contributed by atoms with Crippen LogP contribution in [0.25, 0.3) is 97.1 Å². The summed E-state index contributed by atoms with van der Waals surface area (Å²) in [5, 5.41) is 9.92. The molecule has 0 N–H and O–H groups in total. The van der Waals surface area contributed by atoms with Crippen LogP contribution >= 0.6 is 11.3 Å². The van der Waals surface area contributed by atoms with E-state index >= 15 is 0 Å². The Hall–Kier alpha value is -7.92. The normalized spacial score (nSPS) is 11.9. The number of fused-ring (bicyclic) bond motifs is 10. The summed E-state index contributed by atoms with van der Waals surface area (Å²) in [5.41, 5.74) is 12.6. The van der Waals surface area contributed by atoms with Gasteiger partial charge in [0, 0.05) is 69.9 Å². The molecule has 0 amide bonds. The minimum absolute atomic E-state index is 1.08. The number of anilines is 3. The Morgan fingerprint density at radius 1 is 0.306 bits per heavy atom. The van der Waals surface area contributed by atoms with Gasteiger partial charge < -0.3 is 14.0 Å². The lowest BCUT2D eigenvalue weighted by atomic mass is 10.00. The second-order valence-electron chi connectivity index (χ2n) is 16.1. The highest BCUT2D eigenvalue weighted by molar-refractivity contribution is 7.25. The number of para-hydroxylation sites is 4. The Bertz CT molecular complexity index is 3830. The van der Waals surface area contributed by atoms with Gasteiger partial charge in [-0.2, -0.15) is 0 Å². The zero-order chi connectivity index (χ0) is 40.7. The first-order chi connectivity index (χ1) is 30.7. The summed E-state index contributed by atoms with van der Waals surface area (Å²) >= 11 is 1.86. The molecule has 0 spiro atoms. The summed E-state index contributed by atoms with van der Waals surface area (Å²) in [4.78, 5) is 2.48. The summed E-state index contributed by atoms with van der Waals surface area (Å²) in [6, 6.07) is 82.5. The molecule has 0 aliphatic carbocycles. The third-order valence-electron chi connectivity index (χ3n) is 12.6. The minimum atomic E-state index is 1.08. The van der Waals surface area contributed by atoms with E-state index in [0.29, 0.717) is 0 Å². The molecule has 0 saturated heterocycles. The molecule has 13 aromatic rings. The summed E-state index contributed by atoms with van der Waals surface area (Å²) in [7, 11) is 0. The van der Waals surface area contributed by atoms with Gasteiger partial charge in [-0.25, -0.2) is 0 Å². The minimum Gasteiger partial charge on any atom is -0.310 e. The van der Waals surface area contributed by atoms with E-state index in [1.54, 1.807) is 0 Å². The van der Waals surface area contributed by atoms with Crippen LogP contribution in [0.3, 0.4) is 0 Å². The van der Waals surface area contributed by atoms with Gasteiger partial charge in [-0.05, 0) is 101 Å². The van der Waals surface area contributed by atoms with Crippen LogP contribution in [0.2, 0.25) is 0 Å². The Labute approximate surface area is 362 Å². The average molecular weight is 808 g/mol. The maximum Gasteiger partial charge on any atom is 0.0547 e. The van der Waals surface area contributed by atoms with Crippen LogP contribution in [0, 0.1) is 0 Å². The van der Waals surface area contributed by atoms with E-state index in [9.17, 15) is 0 Å². The monoisotopic (exact) mass is 807 g/mol. The molecule has 10 aromatic carbocycles. The van der Waals surface area contributed by atoms with E-state index in [2.05, 4.69) is 238 Å². The molecule has 0 fully saturated rings. The van der Waals surface area contributed by atoms with E-state index in [0.717, 1.165) is 39.6 Å². The molecule has 13 rings (SSSR count). The molecule has 0 saturated carbocycles. The highest BCUT2D eigenvalue weighted by atomic mass is 32.1. The number of hydrogen-bond donors (Lipinski definition) is 0. The molecule has 0 bridgehead atoms. The van der Waals surface area contributed by atoms with Gasteiger partial charge in [0.05, 0.1) is 27.8 Å². The van der Waals surface area contributed by atoms with E-state index < -0.39 is 0 Å². The van der Waals surface area contributed by atoms with Crippen molar-refractivity contribution in [3.05, 3.63) is 224 Å². The second kappa shape index (κ2) is 13.8. The number of benzene rings is 10. The number of hydrogen-bond acceptors (Lipinski definition) is 2. The summed E-state index contributed by atoms with van der Waals surface area (Å²) in [6.45, 7) is 0. The average Bonchev–Trinajstić information content (AvgIpc) is 3.99. The Morgan fingerprint density at radius 3 is 1.63 bits per heavy atom. The summed E-state index contributed by atoms with van der Waals surface area (Å²) in [6.07, 6.45) is 0. The molecule has 3 nitrogen and oxygen atoms in total. The smallest absolute Gasteiger partial charge is 0.0547 e. The van der Waals surface area contributed by atoms with E-state index in [1.807, 2.05) is 11.3 Å². The van der Waals surface area contributed by atoms with E-state index in [-0.39, 0.29) is 0 Å². The molecule has 0 atom stereocenters. The lowest BCUT2D eigenvalue weighted by Gasteiger charge is -2.28. The molecule has 4 heteroatoms. The Kier molecular flexibility index (Phi) is 7.78. The van der Waals surface area contributed by atoms with Crippen LogP contribution in [0.15, 0.2) is 224 Å². The highest BCUT2D eigenvalue weighted by Gasteiger charge is 2.22. The lowest BCUT2D eigenvalue weighted by molar-refractivity contribution is 1.17. The predicted octanol–water partition coefficient (Wildman–Crippen LogP) is 16.5. The molecular formula is C58H37N3S. The van der Waals surface area contributed by atoms with Crippen molar-refractivity contribution in [1.29, 1.82) is 0 Å². The maximum absolute atomic E-state index is 2.48. The van der Waals surface area contributed by atoms with Gasteiger partial charge in [0.1, 0.15) is 0 Å². The fraction of sp³-hybridized carbons (Fsp3) is 0.